The summed E-state index contributed by atoms with van der Waals surface area (Å²) in [5.41, 5.74) is 0.328. The fraction of sp³-hybridized carbons (Fsp3) is 0.684. The van der Waals surface area contributed by atoms with Crippen molar-refractivity contribution in [3.8, 4) is 0 Å². The Balaban J connectivity index is 1.53. The van der Waals surface area contributed by atoms with Crippen LogP contribution in [-0.4, -0.2) is 39.8 Å². The summed E-state index contributed by atoms with van der Waals surface area (Å²) in [5.74, 6) is 1.04. The fourth-order valence-electron chi connectivity index (χ4n) is 4.04. The molecule has 0 bridgehead atoms. The number of carbonyl (C=O) groups excluding carboxylic acids is 2. The molecule has 1 atom stereocenters. The van der Waals surface area contributed by atoms with Crippen LogP contribution < -0.4 is 10.9 Å². The molecule has 26 heavy (non-hydrogen) atoms. The first-order valence-corrected chi connectivity index (χ1v) is 9.63. The lowest BCUT2D eigenvalue weighted by molar-refractivity contribution is -0.139. The minimum Gasteiger partial charge on any atom is -0.350 e. The summed E-state index contributed by atoms with van der Waals surface area (Å²) in [7, 11) is 0. The van der Waals surface area contributed by atoms with Gasteiger partial charge in [0.15, 0.2) is 0 Å². The second kappa shape index (κ2) is 8.47. The maximum absolute atomic E-state index is 12.5. The Kier molecular flexibility index (Phi) is 6.06. The number of nitrogens with zero attached hydrogens (tertiary/aromatic N) is 2. The minimum atomic E-state index is -0.219. The molecule has 1 aromatic rings. The Morgan fingerprint density at radius 1 is 1.27 bits per heavy atom. The van der Waals surface area contributed by atoms with Gasteiger partial charge >= 0.3 is 0 Å². The van der Waals surface area contributed by atoms with Gasteiger partial charge < -0.3 is 15.2 Å². The molecule has 3 rings (SSSR count). The normalized spacial score (nSPS) is 21.7. The molecule has 0 aromatic carbocycles. The molecule has 2 N–H and O–H groups in total. The number of nitrogens with one attached hydrogen (secondary N) is 2. The molecule has 0 spiro atoms. The van der Waals surface area contributed by atoms with E-state index in [1.54, 1.807) is 6.92 Å². The lowest BCUT2D eigenvalue weighted by atomic mass is 9.87. The Hall–Kier alpha value is -2.18. The maximum Gasteiger partial charge on any atom is 0.251 e. The predicted octanol–water partition coefficient (Wildman–Crippen LogP) is 1.51. The summed E-state index contributed by atoms with van der Waals surface area (Å²) in [6.45, 7) is 3.24. The zero-order valence-electron chi connectivity index (χ0n) is 15.4. The van der Waals surface area contributed by atoms with Gasteiger partial charge in [0, 0.05) is 25.6 Å². The van der Waals surface area contributed by atoms with E-state index in [0.717, 1.165) is 6.54 Å². The minimum absolute atomic E-state index is 0.0640. The Labute approximate surface area is 153 Å². The molecule has 1 saturated heterocycles. The number of aromatic amines is 1. The highest BCUT2D eigenvalue weighted by Gasteiger charge is 2.31. The zero-order valence-corrected chi connectivity index (χ0v) is 15.4. The molecule has 2 fully saturated rings. The van der Waals surface area contributed by atoms with E-state index >= 15 is 0 Å². The van der Waals surface area contributed by atoms with Gasteiger partial charge in [0.25, 0.3) is 5.56 Å². The zero-order chi connectivity index (χ0) is 18.5. The monoisotopic (exact) mass is 360 g/mol. The molecular weight excluding hydrogens is 332 g/mol. The van der Waals surface area contributed by atoms with Crippen LogP contribution in [0, 0.1) is 18.8 Å². The van der Waals surface area contributed by atoms with Gasteiger partial charge in [-0.15, -0.1) is 0 Å². The van der Waals surface area contributed by atoms with Crippen LogP contribution in [0.25, 0.3) is 0 Å². The van der Waals surface area contributed by atoms with Crippen LogP contribution in [-0.2, 0) is 16.1 Å². The highest BCUT2D eigenvalue weighted by Crippen LogP contribution is 2.27. The van der Waals surface area contributed by atoms with Gasteiger partial charge in [0.1, 0.15) is 5.82 Å². The van der Waals surface area contributed by atoms with Crippen LogP contribution in [0.5, 0.6) is 0 Å². The Morgan fingerprint density at radius 3 is 2.77 bits per heavy atom. The maximum atomic E-state index is 12.5. The number of amides is 2. The van der Waals surface area contributed by atoms with Crippen LogP contribution in [0.2, 0.25) is 0 Å². The first-order valence-electron chi connectivity index (χ1n) is 9.63. The average Bonchev–Trinajstić information content (AvgIpc) is 2.61. The largest absolute Gasteiger partial charge is 0.350 e. The SMILES string of the molecule is Cc1nc(CNC(=O)C2CCC(=O)N(CC3CCCCC3)C2)cc(=O)[nH]1. The van der Waals surface area contributed by atoms with E-state index in [2.05, 4.69) is 15.3 Å². The molecule has 1 aliphatic heterocycles. The molecule has 142 valence electrons. The summed E-state index contributed by atoms with van der Waals surface area (Å²) in [6.07, 6.45) is 7.20. The van der Waals surface area contributed by atoms with E-state index in [1.165, 1.54) is 38.2 Å². The van der Waals surface area contributed by atoms with Crippen LogP contribution >= 0.6 is 0 Å². The Morgan fingerprint density at radius 2 is 2.04 bits per heavy atom. The standard InChI is InChI=1S/C19H28N4O3/c1-13-21-16(9-17(24)22-13)10-20-19(26)15-7-8-18(25)23(12-15)11-14-5-3-2-4-6-14/h9,14-15H,2-8,10-12H2,1H3,(H,20,26)(H,21,22,24). The molecule has 2 amide bonds. The first-order chi connectivity index (χ1) is 12.5. The third-order valence-electron chi connectivity index (χ3n) is 5.43. The predicted molar refractivity (Wildman–Crippen MR) is 97.3 cm³/mol. The van der Waals surface area contributed by atoms with Crippen LogP contribution in [0.1, 0.15) is 56.5 Å². The third-order valence-corrected chi connectivity index (χ3v) is 5.43. The van der Waals surface area contributed by atoms with E-state index in [1.807, 2.05) is 4.90 Å². The lowest BCUT2D eigenvalue weighted by Crippen LogP contribution is -2.47. The third kappa shape index (κ3) is 4.93. The number of piperidine rings is 1. The number of aromatic nitrogens is 2. The molecule has 7 heteroatoms. The van der Waals surface area contributed by atoms with Crippen molar-refractivity contribution in [2.45, 2.75) is 58.4 Å². The first kappa shape index (κ1) is 18.6. The smallest absolute Gasteiger partial charge is 0.251 e. The summed E-state index contributed by atoms with van der Waals surface area (Å²) in [6, 6.07) is 1.40. The number of hydrogen-bond donors (Lipinski definition) is 2. The molecule has 1 unspecified atom stereocenters. The van der Waals surface area contributed by atoms with Gasteiger partial charge in [-0.25, -0.2) is 4.98 Å². The number of aryl methyl sites for hydroxylation is 1. The van der Waals surface area contributed by atoms with Gasteiger partial charge in [-0.05, 0) is 32.1 Å². The number of hydrogen-bond acceptors (Lipinski definition) is 4. The van der Waals surface area contributed by atoms with Gasteiger partial charge in [0.2, 0.25) is 11.8 Å². The lowest BCUT2D eigenvalue weighted by Gasteiger charge is -2.35. The van der Waals surface area contributed by atoms with Crippen molar-refractivity contribution in [3.63, 3.8) is 0 Å². The molecule has 2 aliphatic rings. The van der Waals surface area contributed by atoms with Crippen molar-refractivity contribution < 1.29 is 9.59 Å². The Bertz CT molecular complexity index is 709. The van der Waals surface area contributed by atoms with E-state index in [0.29, 0.717) is 36.8 Å². The van der Waals surface area contributed by atoms with Crippen molar-refractivity contribution in [3.05, 3.63) is 27.9 Å². The van der Waals surface area contributed by atoms with E-state index < -0.39 is 0 Å². The number of H-pyrrole nitrogens is 1. The molecule has 1 aliphatic carbocycles. The summed E-state index contributed by atoms with van der Waals surface area (Å²) >= 11 is 0. The van der Waals surface area contributed by atoms with Crippen molar-refractivity contribution in [1.82, 2.24) is 20.2 Å². The molecule has 2 heterocycles. The number of rotatable bonds is 5. The number of carbonyl (C=O) groups is 2. The van der Waals surface area contributed by atoms with E-state index in [4.69, 9.17) is 0 Å². The molecule has 1 saturated carbocycles. The van der Waals surface area contributed by atoms with Gasteiger partial charge in [-0.3, -0.25) is 14.4 Å². The second-order valence-electron chi connectivity index (χ2n) is 7.58. The topological polar surface area (TPSA) is 95.2 Å². The van der Waals surface area contributed by atoms with Crippen LogP contribution in [0.15, 0.2) is 10.9 Å². The fourth-order valence-corrected chi connectivity index (χ4v) is 4.04. The van der Waals surface area contributed by atoms with Crippen LogP contribution in [0.4, 0.5) is 0 Å². The van der Waals surface area contributed by atoms with Gasteiger partial charge in [0.05, 0.1) is 18.2 Å². The van der Waals surface area contributed by atoms with E-state index in [9.17, 15) is 14.4 Å². The molecule has 1 aromatic heterocycles. The second-order valence-corrected chi connectivity index (χ2v) is 7.58. The van der Waals surface area contributed by atoms with Crippen molar-refractivity contribution >= 4 is 11.8 Å². The molecular formula is C19H28N4O3. The summed E-state index contributed by atoms with van der Waals surface area (Å²) in [4.78, 5) is 44.9. The number of likely N-dealkylation sites (tertiary alicyclic amines) is 1. The van der Waals surface area contributed by atoms with Crippen LogP contribution in [0.3, 0.4) is 0 Å². The molecule has 0 radical (unpaired) electrons. The highest BCUT2D eigenvalue weighted by atomic mass is 16.2. The van der Waals surface area contributed by atoms with Crippen molar-refractivity contribution in [1.29, 1.82) is 0 Å². The van der Waals surface area contributed by atoms with E-state index in [-0.39, 0.29) is 29.8 Å². The quantitative estimate of drug-likeness (QED) is 0.832. The van der Waals surface area contributed by atoms with Gasteiger partial charge in [-0.2, -0.15) is 0 Å². The highest BCUT2D eigenvalue weighted by molar-refractivity contribution is 5.83. The average molecular weight is 360 g/mol. The van der Waals surface area contributed by atoms with Crippen molar-refractivity contribution in [2.24, 2.45) is 11.8 Å². The van der Waals surface area contributed by atoms with Gasteiger partial charge in [-0.1, -0.05) is 19.3 Å². The summed E-state index contributed by atoms with van der Waals surface area (Å²) in [5, 5.41) is 2.87. The summed E-state index contributed by atoms with van der Waals surface area (Å²) < 4.78 is 0. The van der Waals surface area contributed by atoms with Crippen molar-refractivity contribution in [2.75, 3.05) is 13.1 Å². The molecule has 7 nitrogen and oxygen atoms in total.